The summed E-state index contributed by atoms with van der Waals surface area (Å²) < 4.78 is 31.9. The van der Waals surface area contributed by atoms with Crippen LogP contribution < -0.4 is 5.32 Å². The van der Waals surface area contributed by atoms with E-state index in [1.54, 1.807) is 33.8 Å². The molecule has 342 valence electrons. The van der Waals surface area contributed by atoms with Gasteiger partial charge in [-0.15, -0.1) is 0 Å². The number of aliphatic hydroxyl groups excluding tert-OH is 2. The van der Waals surface area contributed by atoms with Gasteiger partial charge in [0.05, 0.1) is 35.5 Å². The molecule has 0 bridgehead atoms. The summed E-state index contributed by atoms with van der Waals surface area (Å²) in [6.45, 7) is 16.1. The normalized spacial score (nSPS) is 36.2. The number of aliphatic hydroxyl groups is 3. The number of oxime groups is 1. The van der Waals surface area contributed by atoms with E-state index in [2.05, 4.69) is 10.5 Å². The molecule has 14 atom stereocenters. The van der Waals surface area contributed by atoms with Crippen LogP contribution in [-0.4, -0.2) is 119 Å². The number of nitrogens with zero attached hydrogens (tertiary/aromatic N) is 2. The van der Waals surface area contributed by atoms with Gasteiger partial charge in [-0.05, 0) is 79.6 Å². The van der Waals surface area contributed by atoms with Crippen molar-refractivity contribution in [3.05, 3.63) is 70.2 Å². The Kier molecular flexibility index (Phi) is 18.0. The number of carbonyl (C=O) groups is 2. The predicted molar refractivity (Wildman–Crippen MR) is 233 cm³/mol. The third kappa shape index (κ3) is 12.4. The Hall–Kier alpha value is -3.34. The standard InChI is InChI=1S/C46H70ClN3O11/c1-13-36-46(9,55)40(52)29(5)37(49-57-25-33-16-14-15-17-34(33)47)27(3)23-45(8,56-12)41(61-43-38(51)35(50(10)11)22-28(4)58-43)30(6)39(31(7)42(53)59-36)60-44(54)48-24-32-20-18-26(2)19-21-32/h14-21,27-31,35-36,38-41,43,51-52,55H,13,22-25H2,1-12H3,(H,48,54)/b49-37-/t27-,28-,29+,30+,31-,35+,36-,38-,39+,40-,41-,43+,45-,46-/m1/s1. The zero-order chi connectivity index (χ0) is 45.4. The van der Waals surface area contributed by atoms with Crippen molar-refractivity contribution in [2.24, 2.45) is 28.8 Å². The fourth-order valence-electron chi connectivity index (χ4n) is 8.80. The highest BCUT2D eigenvalue weighted by molar-refractivity contribution is 6.31. The molecular formula is C46H70ClN3O11. The fraction of sp³-hybridized carbons (Fsp3) is 0.674. The Morgan fingerprint density at radius 3 is 2.30 bits per heavy atom. The molecule has 0 unspecified atom stereocenters. The van der Waals surface area contributed by atoms with Crippen LogP contribution in [-0.2, 0) is 46.5 Å². The van der Waals surface area contributed by atoms with Crippen molar-refractivity contribution in [2.45, 2.75) is 155 Å². The van der Waals surface area contributed by atoms with E-state index in [9.17, 15) is 24.9 Å². The Bertz CT molecular complexity index is 1760. The van der Waals surface area contributed by atoms with Crippen LogP contribution in [0.15, 0.2) is 53.7 Å². The minimum atomic E-state index is -1.96. The van der Waals surface area contributed by atoms with Crippen molar-refractivity contribution in [2.75, 3.05) is 21.2 Å². The van der Waals surface area contributed by atoms with Gasteiger partial charge in [0.15, 0.2) is 6.29 Å². The Labute approximate surface area is 367 Å². The largest absolute Gasteiger partial charge is 0.459 e. The minimum Gasteiger partial charge on any atom is -0.459 e. The molecule has 2 aliphatic heterocycles. The molecule has 15 heteroatoms. The molecule has 1 amide bonds. The van der Waals surface area contributed by atoms with Crippen LogP contribution in [0.25, 0.3) is 0 Å². The average Bonchev–Trinajstić information content (AvgIpc) is 3.22. The number of benzene rings is 2. The van der Waals surface area contributed by atoms with Crippen LogP contribution in [0.4, 0.5) is 4.79 Å². The molecule has 4 N–H and O–H groups in total. The van der Waals surface area contributed by atoms with Crippen molar-refractivity contribution < 1.29 is 53.4 Å². The first-order chi connectivity index (χ1) is 28.6. The third-order valence-electron chi connectivity index (χ3n) is 12.7. The Morgan fingerprint density at radius 1 is 1.03 bits per heavy atom. The van der Waals surface area contributed by atoms with Gasteiger partial charge < -0.3 is 54.1 Å². The van der Waals surface area contributed by atoms with Crippen molar-refractivity contribution in [3.63, 3.8) is 0 Å². The van der Waals surface area contributed by atoms with Crippen LogP contribution in [0.2, 0.25) is 5.02 Å². The summed E-state index contributed by atoms with van der Waals surface area (Å²) in [7, 11) is 5.29. The Balaban J connectivity index is 1.85. The molecule has 4 rings (SSSR count). The lowest BCUT2D eigenvalue weighted by Gasteiger charge is -2.48. The van der Waals surface area contributed by atoms with Crippen molar-refractivity contribution >= 4 is 29.4 Å². The quantitative estimate of drug-likeness (QED) is 0.144. The highest BCUT2D eigenvalue weighted by Gasteiger charge is 2.52. The van der Waals surface area contributed by atoms with Gasteiger partial charge in [0.2, 0.25) is 0 Å². The van der Waals surface area contributed by atoms with Crippen LogP contribution in [0.1, 0.15) is 91.3 Å². The number of alkyl carbamates (subject to hydrolysis) is 1. The van der Waals surface area contributed by atoms with Crippen molar-refractivity contribution in [1.29, 1.82) is 0 Å². The lowest BCUT2D eigenvalue weighted by atomic mass is 9.73. The van der Waals surface area contributed by atoms with Gasteiger partial charge in [-0.1, -0.05) is 92.5 Å². The number of ether oxygens (including phenoxy) is 5. The van der Waals surface area contributed by atoms with Gasteiger partial charge in [-0.25, -0.2) is 4.79 Å². The summed E-state index contributed by atoms with van der Waals surface area (Å²) >= 11 is 6.43. The SMILES string of the molecule is CC[C@H]1OC(=O)[C@H](C)[C@@H](OC(=O)NCc2ccc(C)cc2)[C@H](C)[C@@H](O[C@@H]2O[C@H](C)C[C@H](N(C)C)[C@H]2O)[C@](C)(OC)C[C@@H](C)/C(=N/OCc2ccccc2Cl)[C@H](C)[C@@H](O)[C@]1(C)O. The topological polar surface area (TPSA) is 178 Å². The monoisotopic (exact) mass is 875 g/mol. The molecule has 2 fully saturated rings. The van der Waals surface area contributed by atoms with E-state index in [0.717, 1.165) is 11.1 Å². The predicted octanol–water partition coefficient (Wildman–Crippen LogP) is 6.41. The molecule has 2 aromatic rings. The fourth-order valence-corrected chi connectivity index (χ4v) is 8.99. The molecule has 14 nitrogen and oxygen atoms in total. The van der Waals surface area contributed by atoms with Gasteiger partial charge >= 0.3 is 12.1 Å². The number of aryl methyl sites for hydroxylation is 1. The number of cyclic esters (lactones) is 1. The first kappa shape index (κ1) is 50.3. The summed E-state index contributed by atoms with van der Waals surface area (Å²) in [5, 5.41) is 43.7. The lowest BCUT2D eigenvalue weighted by Crippen LogP contribution is -2.60. The number of esters is 1. The molecule has 61 heavy (non-hydrogen) atoms. The second-order valence-corrected chi connectivity index (χ2v) is 18.2. The highest BCUT2D eigenvalue weighted by Crippen LogP contribution is 2.40. The molecule has 2 aromatic carbocycles. The molecule has 0 radical (unpaired) electrons. The van der Waals surface area contributed by atoms with E-state index in [-0.39, 0.29) is 38.1 Å². The molecule has 2 aliphatic rings. The van der Waals surface area contributed by atoms with Gasteiger partial charge in [0.1, 0.15) is 30.5 Å². The molecule has 0 saturated carbocycles. The first-order valence-electron chi connectivity index (χ1n) is 21.4. The second-order valence-electron chi connectivity index (χ2n) is 17.8. The van der Waals surface area contributed by atoms with E-state index in [1.165, 1.54) is 14.0 Å². The average molecular weight is 877 g/mol. The van der Waals surface area contributed by atoms with Crippen LogP contribution >= 0.6 is 11.6 Å². The Morgan fingerprint density at radius 2 is 1.69 bits per heavy atom. The van der Waals surface area contributed by atoms with Crippen LogP contribution in [0.5, 0.6) is 0 Å². The zero-order valence-corrected chi connectivity index (χ0v) is 38.7. The van der Waals surface area contributed by atoms with Gasteiger partial charge in [0, 0.05) is 48.0 Å². The highest BCUT2D eigenvalue weighted by atomic mass is 35.5. The van der Waals surface area contributed by atoms with E-state index in [1.807, 2.05) is 89.2 Å². The molecule has 2 saturated heterocycles. The zero-order valence-electron chi connectivity index (χ0n) is 38.0. The van der Waals surface area contributed by atoms with Gasteiger partial charge in [-0.3, -0.25) is 4.79 Å². The number of likely N-dealkylation sites (N-methyl/N-ethyl adjacent to an activating group) is 1. The summed E-state index contributed by atoms with van der Waals surface area (Å²) in [5.41, 5.74) is -0.232. The number of hydrogen-bond acceptors (Lipinski definition) is 13. The van der Waals surface area contributed by atoms with Crippen LogP contribution in [0.3, 0.4) is 0 Å². The van der Waals surface area contributed by atoms with E-state index < -0.39 is 83.7 Å². The summed E-state index contributed by atoms with van der Waals surface area (Å²) in [5.74, 6) is -4.06. The summed E-state index contributed by atoms with van der Waals surface area (Å²) in [6, 6.07) is 14.6. The minimum absolute atomic E-state index is 0.0274. The number of methoxy groups -OCH3 is 1. The number of nitrogens with one attached hydrogen (secondary N) is 1. The summed E-state index contributed by atoms with van der Waals surface area (Å²) in [4.78, 5) is 35.9. The summed E-state index contributed by atoms with van der Waals surface area (Å²) in [6.07, 6.45) is -7.30. The smallest absolute Gasteiger partial charge is 0.407 e. The second kappa shape index (κ2) is 21.8. The molecule has 2 heterocycles. The molecular weight excluding hydrogens is 806 g/mol. The van der Waals surface area contributed by atoms with Gasteiger partial charge in [-0.2, -0.15) is 0 Å². The molecule has 0 aliphatic carbocycles. The van der Waals surface area contributed by atoms with E-state index in [4.69, 9.17) is 40.1 Å². The number of carbonyl (C=O) groups excluding carboxylic acids is 2. The number of amides is 1. The maximum absolute atomic E-state index is 14.3. The first-order valence-corrected chi connectivity index (χ1v) is 21.8. The number of hydrogen-bond donors (Lipinski definition) is 4. The van der Waals surface area contributed by atoms with E-state index in [0.29, 0.717) is 22.7 Å². The number of halogens is 1. The van der Waals surface area contributed by atoms with Crippen molar-refractivity contribution in [3.8, 4) is 0 Å². The molecule has 0 aromatic heterocycles. The maximum atomic E-state index is 14.3. The maximum Gasteiger partial charge on any atom is 0.407 e. The molecule has 0 spiro atoms. The third-order valence-corrected chi connectivity index (χ3v) is 13.0. The number of rotatable bonds is 11. The van der Waals surface area contributed by atoms with E-state index >= 15 is 0 Å². The van der Waals surface area contributed by atoms with Crippen molar-refractivity contribution in [1.82, 2.24) is 10.2 Å². The van der Waals surface area contributed by atoms with Crippen LogP contribution in [0, 0.1) is 30.6 Å². The lowest BCUT2D eigenvalue weighted by molar-refractivity contribution is -0.301. The van der Waals surface area contributed by atoms with Gasteiger partial charge in [0.25, 0.3) is 0 Å².